The summed E-state index contributed by atoms with van der Waals surface area (Å²) in [6.45, 7) is 4.65. The minimum Gasteiger partial charge on any atom is -0.311 e. The highest BCUT2D eigenvalue weighted by Gasteiger charge is 2.35. The molecule has 2 aromatic rings. The lowest BCUT2D eigenvalue weighted by molar-refractivity contribution is 0.120. The summed E-state index contributed by atoms with van der Waals surface area (Å²) in [7, 11) is -4.13. The third-order valence-electron chi connectivity index (χ3n) is 10.8. The second-order valence-electron chi connectivity index (χ2n) is 14.5. The van der Waals surface area contributed by atoms with Crippen LogP contribution in [-0.4, -0.2) is 25.1 Å². The van der Waals surface area contributed by atoms with Crippen molar-refractivity contribution in [3.05, 3.63) is 42.5 Å². The predicted octanol–water partition coefficient (Wildman–Crippen LogP) is 12.2. The average Bonchev–Trinajstić information content (AvgIpc) is 3.05. The molecule has 2 fully saturated rings. The molecule has 0 heterocycles. The zero-order valence-corrected chi connectivity index (χ0v) is 29.9. The maximum atomic E-state index is 11.0. The standard InChI is InChI=1S/C30H59N.C10H8O3S/c1-3-5-7-9-11-13-18-24-30(25-19-14-12-10-8-6-4-2)26-22-29(23-27-30)31-28-20-16-15-17-21-28;11-14(12,13)10-7-3-5-8-4-1-2-6-9(8)10/h28-29,31H,3-27H2,1-2H3;1-7H,(H,11,12,13). The molecule has 0 bridgehead atoms. The number of nitrogens with one attached hydrogen (secondary N) is 1. The van der Waals surface area contributed by atoms with Gasteiger partial charge in [-0.05, 0) is 68.2 Å². The fourth-order valence-corrected chi connectivity index (χ4v) is 8.67. The summed E-state index contributed by atoms with van der Waals surface area (Å²) in [6.07, 6.45) is 36.8. The van der Waals surface area contributed by atoms with Gasteiger partial charge in [0.25, 0.3) is 10.1 Å². The summed E-state index contributed by atoms with van der Waals surface area (Å²) < 4.78 is 31.0. The molecule has 5 heteroatoms. The Morgan fingerprint density at radius 2 is 1.13 bits per heavy atom. The van der Waals surface area contributed by atoms with Crippen molar-refractivity contribution in [1.29, 1.82) is 0 Å². The highest BCUT2D eigenvalue weighted by molar-refractivity contribution is 7.86. The molecule has 4 nitrogen and oxygen atoms in total. The van der Waals surface area contributed by atoms with Gasteiger partial charge in [-0.3, -0.25) is 4.55 Å². The van der Waals surface area contributed by atoms with Crippen molar-refractivity contribution in [3.63, 3.8) is 0 Å². The van der Waals surface area contributed by atoms with Crippen LogP contribution in [0.1, 0.15) is 174 Å². The molecule has 45 heavy (non-hydrogen) atoms. The van der Waals surface area contributed by atoms with E-state index in [0.29, 0.717) is 10.8 Å². The van der Waals surface area contributed by atoms with Crippen molar-refractivity contribution in [1.82, 2.24) is 5.32 Å². The number of unbranched alkanes of at least 4 members (excludes halogenated alkanes) is 12. The van der Waals surface area contributed by atoms with Crippen LogP contribution in [0.15, 0.2) is 47.4 Å². The van der Waals surface area contributed by atoms with E-state index in [-0.39, 0.29) is 4.90 Å². The number of rotatable bonds is 19. The highest BCUT2D eigenvalue weighted by atomic mass is 32.2. The lowest BCUT2D eigenvalue weighted by atomic mass is 9.66. The summed E-state index contributed by atoms with van der Waals surface area (Å²) >= 11 is 0. The first-order valence-electron chi connectivity index (χ1n) is 19.1. The third-order valence-corrected chi connectivity index (χ3v) is 11.7. The van der Waals surface area contributed by atoms with Gasteiger partial charge in [0, 0.05) is 17.5 Å². The summed E-state index contributed by atoms with van der Waals surface area (Å²) in [4.78, 5) is -0.0457. The number of fused-ring (bicyclic) bond motifs is 1. The molecule has 256 valence electrons. The smallest absolute Gasteiger partial charge is 0.295 e. The van der Waals surface area contributed by atoms with Crippen molar-refractivity contribution in [3.8, 4) is 0 Å². The largest absolute Gasteiger partial charge is 0.311 e. The summed E-state index contributed by atoms with van der Waals surface area (Å²) in [5.41, 5.74) is 0.706. The average molecular weight is 642 g/mol. The first-order chi connectivity index (χ1) is 21.9. The monoisotopic (exact) mass is 641 g/mol. The maximum absolute atomic E-state index is 11.0. The van der Waals surface area contributed by atoms with E-state index < -0.39 is 10.1 Å². The summed E-state index contributed by atoms with van der Waals surface area (Å²) in [5.74, 6) is 0. The minimum atomic E-state index is -4.13. The molecule has 0 amide bonds. The van der Waals surface area contributed by atoms with Crippen LogP contribution >= 0.6 is 0 Å². The topological polar surface area (TPSA) is 66.4 Å². The fourth-order valence-electron chi connectivity index (χ4n) is 7.96. The molecule has 0 saturated heterocycles. The molecule has 0 spiro atoms. The van der Waals surface area contributed by atoms with Gasteiger partial charge in [-0.1, -0.05) is 159 Å². The van der Waals surface area contributed by atoms with Crippen molar-refractivity contribution in [2.45, 2.75) is 191 Å². The molecule has 0 atom stereocenters. The number of hydrogen-bond acceptors (Lipinski definition) is 3. The highest BCUT2D eigenvalue weighted by Crippen LogP contribution is 2.45. The molecule has 2 saturated carbocycles. The fraction of sp³-hybridized carbons (Fsp3) is 0.750. The van der Waals surface area contributed by atoms with Gasteiger partial charge in [0.05, 0.1) is 0 Å². The number of benzene rings is 2. The zero-order chi connectivity index (χ0) is 32.2. The molecule has 2 N–H and O–H groups in total. The first kappa shape index (κ1) is 38.0. The van der Waals surface area contributed by atoms with Gasteiger partial charge in [0.1, 0.15) is 4.90 Å². The van der Waals surface area contributed by atoms with E-state index in [1.165, 1.54) is 167 Å². The number of hydrogen-bond donors (Lipinski definition) is 2. The van der Waals surface area contributed by atoms with E-state index in [4.69, 9.17) is 4.55 Å². The Hall–Kier alpha value is -1.43. The van der Waals surface area contributed by atoms with Gasteiger partial charge in [-0.2, -0.15) is 8.42 Å². The van der Waals surface area contributed by atoms with Gasteiger partial charge < -0.3 is 5.32 Å². The van der Waals surface area contributed by atoms with Gasteiger partial charge in [-0.15, -0.1) is 0 Å². The molecule has 0 unspecified atom stereocenters. The molecule has 2 aliphatic rings. The van der Waals surface area contributed by atoms with E-state index in [1.54, 1.807) is 30.3 Å². The Morgan fingerprint density at radius 3 is 1.69 bits per heavy atom. The lowest BCUT2D eigenvalue weighted by Crippen LogP contribution is -2.43. The Balaban J connectivity index is 0.000000325. The molecule has 0 aromatic heterocycles. The van der Waals surface area contributed by atoms with Crippen molar-refractivity contribution in [2.75, 3.05) is 0 Å². The van der Waals surface area contributed by atoms with Crippen LogP contribution in [0.3, 0.4) is 0 Å². The van der Waals surface area contributed by atoms with E-state index in [9.17, 15) is 8.42 Å². The second kappa shape index (κ2) is 21.4. The second-order valence-corrected chi connectivity index (χ2v) is 15.9. The van der Waals surface area contributed by atoms with Gasteiger partial charge in [-0.25, -0.2) is 0 Å². The normalized spacial score (nSPS) is 17.7. The van der Waals surface area contributed by atoms with Gasteiger partial charge in [0.2, 0.25) is 0 Å². The molecule has 4 rings (SSSR count). The third kappa shape index (κ3) is 14.5. The van der Waals surface area contributed by atoms with Crippen LogP contribution in [0.5, 0.6) is 0 Å². The van der Waals surface area contributed by atoms with Crippen LogP contribution in [-0.2, 0) is 10.1 Å². The molecule has 2 aliphatic carbocycles. The van der Waals surface area contributed by atoms with Crippen LogP contribution in [0.25, 0.3) is 10.8 Å². The maximum Gasteiger partial charge on any atom is 0.295 e. The van der Waals surface area contributed by atoms with E-state index >= 15 is 0 Å². The Labute approximate surface area is 277 Å². The van der Waals surface area contributed by atoms with Crippen LogP contribution in [0.4, 0.5) is 0 Å². The van der Waals surface area contributed by atoms with Gasteiger partial charge >= 0.3 is 0 Å². The van der Waals surface area contributed by atoms with Crippen LogP contribution in [0.2, 0.25) is 0 Å². The predicted molar refractivity (Wildman–Crippen MR) is 194 cm³/mol. The van der Waals surface area contributed by atoms with E-state index in [2.05, 4.69) is 19.2 Å². The van der Waals surface area contributed by atoms with Gasteiger partial charge in [0.15, 0.2) is 0 Å². The van der Waals surface area contributed by atoms with E-state index in [1.807, 2.05) is 6.07 Å². The SMILES string of the molecule is CCCCCCCCCC1(CCCCCCCCC)CCC(NC2CCCCC2)CC1.O=S(=O)(O)c1cccc2ccccc12. The zero-order valence-electron chi connectivity index (χ0n) is 29.0. The molecule has 0 aliphatic heterocycles. The molecular weight excluding hydrogens is 575 g/mol. The lowest BCUT2D eigenvalue weighted by Gasteiger charge is -2.42. The first-order valence-corrected chi connectivity index (χ1v) is 20.5. The van der Waals surface area contributed by atoms with Crippen LogP contribution < -0.4 is 5.32 Å². The van der Waals surface area contributed by atoms with Crippen molar-refractivity contribution >= 4 is 20.9 Å². The van der Waals surface area contributed by atoms with Crippen molar-refractivity contribution in [2.24, 2.45) is 5.41 Å². The molecule has 2 aromatic carbocycles. The quantitative estimate of drug-likeness (QED) is 0.118. The summed E-state index contributed by atoms with van der Waals surface area (Å²) in [6, 6.07) is 13.5. The van der Waals surface area contributed by atoms with Crippen molar-refractivity contribution < 1.29 is 13.0 Å². The Morgan fingerprint density at radius 1 is 0.644 bits per heavy atom. The minimum absolute atomic E-state index is 0.0457. The molecule has 0 radical (unpaired) electrons. The van der Waals surface area contributed by atoms with E-state index in [0.717, 1.165) is 17.5 Å². The summed E-state index contributed by atoms with van der Waals surface area (Å²) in [5, 5.41) is 5.42. The molecular formula is C40H67NO3S. The Kier molecular flexibility index (Phi) is 18.1. The van der Waals surface area contributed by atoms with Crippen LogP contribution in [0, 0.1) is 5.41 Å². The Bertz CT molecular complexity index is 1120.